The summed E-state index contributed by atoms with van der Waals surface area (Å²) in [5, 5.41) is 0. The Morgan fingerprint density at radius 3 is 0.925 bits per heavy atom. The molecule has 314 valence electrons. The molecule has 0 spiro atoms. The van der Waals surface area contributed by atoms with E-state index >= 15 is 0 Å². The summed E-state index contributed by atoms with van der Waals surface area (Å²) in [5.41, 5.74) is 0. The lowest BCUT2D eigenvalue weighted by molar-refractivity contribution is -0.167. The molecule has 0 aromatic heterocycles. The molecule has 0 fully saturated rings. The first-order valence-corrected chi connectivity index (χ1v) is 23.4. The fraction of sp³-hybridized carbons (Fsp3) is 0.936. The summed E-state index contributed by atoms with van der Waals surface area (Å²) in [5.74, 6) is -0.0928. The molecule has 0 saturated heterocycles. The van der Waals surface area contributed by atoms with Gasteiger partial charge in [-0.2, -0.15) is 0 Å². The lowest BCUT2D eigenvalue weighted by Gasteiger charge is -2.18. The van der Waals surface area contributed by atoms with Crippen LogP contribution < -0.4 is 0 Å². The van der Waals surface area contributed by atoms with Crippen LogP contribution in [0.2, 0.25) is 0 Å². The van der Waals surface area contributed by atoms with E-state index in [-0.39, 0.29) is 31.1 Å². The Morgan fingerprint density at radius 2 is 0.623 bits per heavy atom. The van der Waals surface area contributed by atoms with Crippen molar-refractivity contribution in [2.45, 2.75) is 265 Å². The highest BCUT2D eigenvalue weighted by molar-refractivity contribution is 5.71. The number of carbonyl (C=O) groups is 3. The molecule has 0 aromatic rings. The number of hydrogen-bond donors (Lipinski definition) is 0. The highest BCUT2D eigenvalue weighted by atomic mass is 16.6. The minimum atomic E-state index is -0.759. The molecule has 0 N–H and O–H groups in total. The second-order valence-corrected chi connectivity index (χ2v) is 16.5. The van der Waals surface area contributed by atoms with Gasteiger partial charge in [-0.05, 0) is 25.2 Å². The lowest BCUT2D eigenvalue weighted by Crippen LogP contribution is -2.30. The smallest absolute Gasteiger partial charge is 0.306 e. The third-order valence-electron chi connectivity index (χ3n) is 10.5. The Morgan fingerprint density at radius 1 is 0.358 bits per heavy atom. The zero-order valence-electron chi connectivity index (χ0n) is 36.0. The van der Waals surface area contributed by atoms with Gasteiger partial charge in [0.2, 0.25) is 0 Å². The van der Waals surface area contributed by atoms with Crippen LogP contribution in [0.15, 0.2) is 0 Å². The van der Waals surface area contributed by atoms with E-state index in [1.165, 1.54) is 154 Å². The first kappa shape index (κ1) is 51.4. The molecule has 0 saturated carbocycles. The number of esters is 3. The zero-order valence-corrected chi connectivity index (χ0v) is 36.0. The predicted molar refractivity (Wildman–Crippen MR) is 224 cm³/mol. The van der Waals surface area contributed by atoms with E-state index in [1.54, 1.807) is 0 Å². The Hall–Kier alpha value is -1.59. The molecule has 0 aromatic carbocycles. The lowest BCUT2D eigenvalue weighted by atomic mass is 10.0. The van der Waals surface area contributed by atoms with Crippen LogP contribution in [0.4, 0.5) is 0 Å². The number of rotatable bonds is 42. The van der Waals surface area contributed by atoms with E-state index in [9.17, 15) is 14.4 Å². The van der Waals surface area contributed by atoms with Crippen molar-refractivity contribution in [3.8, 4) is 0 Å². The first-order valence-electron chi connectivity index (χ1n) is 23.4. The molecule has 0 rings (SSSR count). The molecular formula is C47H90O6. The van der Waals surface area contributed by atoms with Crippen LogP contribution in [0.5, 0.6) is 0 Å². The average molecular weight is 751 g/mol. The Balaban J connectivity index is 4.31. The van der Waals surface area contributed by atoms with Gasteiger partial charge in [-0.25, -0.2) is 0 Å². The third kappa shape index (κ3) is 41.4. The summed E-state index contributed by atoms with van der Waals surface area (Å²) < 4.78 is 16.7. The van der Waals surface area contributed by atoms with Crippen LogP contribution >= 0.6 is 0 Å². The van der Waals surface area contributed by atoms with Gasteiger partial charge in [-0.15, -0.1) is 0 Å². The predicted octanol–water partition coefficient (Wildman–Crippen LogP) is 14.7. The maximum absolute atomic E-state index is 12.7. The van der Waals surface area contributed by atoms with Crippen LogP contribution in [-0.4, -0.2) is 37.2 Å². The molecule has 0 unspecified atom stereocenters. The van der Waals surface area contributed by atoms with Crippen LogP contribution in [-0.2, 0) is 28.6 Å². The van der Waals surface area contributed by atoms with E-state index in [0.29, 0.717) is 19.3 Å². The molecule has 0 amide bonds. The molecule has 0 bridgehead atoms. The van der Waals surface area contributed by atoms with Gasteiger partial charge in [0.15, 0.2) is 6.10 Å². The van der Waals surface area contributed by atoms with Gasteiger partial charge in [0.05, 0.1) is 0 Å². The highest BCUT2D eigenvalue weighted by Crippen LogP contribution is 2.16. The van der Waals surface area contributed by atoms with Crippen LogP contribution in [0, 0.1) is 5.92 Å². The topological polar surface area (TPSA) is 78.9 Å². The van der Waals surface area contributed by atoms with Crippen molar-refractivity contribution in [1.82, 2.24) is 0 Å². The van der Waals surface area contributed by atoms with Crippen LogP contribution in [0.25, 0.3) is 0 Å². The standard InChI is InChI=1S/C47H90O6/c1-5-7-9-11-13-15-17-19-21-23-25-30-34-38-45(48)51-41-44(42-52-46(49)39-35-31-28-27-29-33-37-43(3)4)53-47(50)40-36-32-26-24-22-20-18-16-14-12-10-8-6-2/h43-44H,5-42H2,1-4H3/t44-/m1/s1. The number of unbranched alkanes of at least 4 members (excludes halogenated alkanes) is 29. The molecular weight excluding hydrogens is 661 g/mol. The van der Waals surface area contributed by atoms with Crippen molar-refractivity contribution in [2.75, 3.05) is 13.2 Å². The van der Waals surface area contributed by atoms with E-state index in [2.05, 4.69) is 27.7 Å². The maximum Gasteiger partial charge on any atom is 0.306 e. The van der Waals surface area contributed by atoms with Gasteiger partial charge in [0, 0.05) is 19.3 Å². The van der Waals surface area contributed by atoms with Crippen molar-refractivity contribution < 1.29 is 28.6 Å². The third-order valence-corrected chi connectivity index (χ3v) is 10.5. The second-order valence-electron chi connectivity index (χ2n) is 16.5. The Labute approximate surface area is 329 Å². The summed E-state index contributed by atoms with van der Waals surface area (Å²) in [6.07, 6.45) is 40.9. The molecule has 53 heavy (non-hydrogen) atoms. The SMILES string of the molecule is CCCCCCCCCCCCCCCC(=O)OC[C@H](COC(=O)CCCCCCCCC(C)C)OC(=O)CCCCCCCCCCCCCCC. The quantitative estimate of drug-likeness (QED) is 0.0351. The van der Waals surface area contributed by atoms with E-state index < -0.39 is 6.10 Å². The summed E-state index contributed by atoms with van der Waals surface area (Å²) in [6.45, 7) is 8.93. The molecule has 0 aliphatic rings. The van der Waals surface area contributed by atoms with Gasteiger partial charge in [0.25, 0.3) is 0 Å². The molecule has 0 aliphatic carbocycles. The summed E-state index contributed by atoms with van der Waals surface area (Å²) in [4.78, 5) is 37.7. The van der Waals surface area contributed by atoms with Gasteiger partial charge in [-0.1, -0.05) is 220 Å². The zero-order chi connectivity index (χ0) is 38.9. The highest BCUT2D eigenvalue weighted by Gasteiger charge is 2.19. The van der Waals surface area contributed by atoms with Gasteiger partial charge in [-0.3, -0.25) is 14.4 Å². The van der Waals surface area contributed by atoms with E-state index in [0.717, 1.165) is 63.7 Å². The normalized spacial score (nSPS) is 11.9. The molecule has 1 atom stereocenters. The number of hydrogen-bond acceptors (Lipinski definition) is 6. The average Bonchev–Trinajstić information content (AvgIpc) is 3.14. The fourth-order valence-corrected chi connectivity index (χ4v) is 6.98. The van der Waals surface area contributed by atoms with Crippen LogP contribution in [0.1, 0.15) is 259 Å². The monoisotopic (exact) mass is 751 g/mol. The molecule has 0 heterocycles. The van der Waals surface area contributed by atoms with E-state index in [4.69, 9.17) is 14.2 Å². The second kappa shape index (κ2) is 41.6. The van der Waals surface area contributed by atoms with Crippen molar-refractivity contribution in [3.05, 3.63) is 0 Å². The summed E-state index contributed by atoms with van der Waals surface area (Å²) >= 11 is 0. The van der Waals surface area contributed by atoms with Gasteiger partial charge >= 0.3 is 17.9 Å². The Bertz CT molecular complexity index is 796. The minimum absolute atomic E-state index is 0.0642. The molecule has 6 nitrogen and oxygen atoms in total. The van der Waals surface area contributed by atoms with Crippen LogP contribution in [0.3, 0.4) is 0 Å². The van der Waals surface area contributed by atoms with E-state index in [1.807, 2.05) is 0 Å². The number of ether oxygens (including phenoxy) is 3. The van der Waals surface area contributed by atoms with Crippen molar-refractivity contribution >= 4 is 17.9 Å². The van der Waals surface area contributed by atoms with Crippen molar-refractivity contribution in [1.29, 1.82) is 0 Å². The maximum atomic E-state index is 12.7. The minimum Gasteiger partial charge on any atom is -0.462 e. The molecule has 6 heteroatoms. The largest absolute Gasteiger partial charge is 0.462 e. The number of carbonyl (C=O) groups excluding carboxylic acids is 3. The Kier molecular flexibility index (Phi) is 40.3. The summed E-state index contributed by atoms with van der Waals surface area (Å²) in [6, 6.07) is 0. The van der Waals surface area contributed by atoms with Crippen molar-refractivity contribution in [3.63, 3.8) is 0 Å². The fourth-order valence-electron chi connectivity index (χ4n) is 6.98. The molecule has 0 radical (unpaired) electrons. The summed E-state index contributed by atoms with van der Waals surface area (Å²) in [7, 11) is 0. The first-order chi connectivity index (χ1) is 25.9. The van der Waals surface area contributed by atoms with Crippen molar-refractivity contribution in [2.24, 2.45) is 5.92 Å². The molecule has 0 aliphatic heterocycles. The van der Waals surface area contributed by atoms with Gasteiger partial charge in [0.1, 0.15) is 13.2 Å². The van der Waals surface area contributed by atoms with Gasteiger partial charge < -0.3 is 14.2 Å².